The molecule has 2 atom stereocenters. The molecule has 0 fully saturated rings. The molecule has 0 radical (unpaired) electrons. The van der Waals surface area contributed by atoms with Crippen molar-refractivity contribution >= 4 is 22.5 Å². The molecule has 2 heteroatoms. The molecule has 0 amide bonds. The second kappa shape index (κ2) is 5.50. The van der Waals surface area contributed by atoms with Crippen LogP contribution in [0.5, 0.6) is 0 Å². The number of pyridine rings is 1. The summed E-state index contributed by atoms with van der Waals surface area (Å²) in [5.41, 5.74) is 2.14. The van der Waals surface area contributed by atoms with Crippen LogP contribution in [0.15, 0.2) is 36.4 Å². The van der Waals surface area contributed by atoms with Gasteiger partial charge in [0.15, 0.2) is 0 Å². The van der Waals surface area contributed by atoms with Crippen molar-refractivity contribution in [1.82, 2.24) is 4.98 Å². The van der Waals surface area contributed by atoms with Crippen LogP contribution in [0.25, 0.3) is 10.9 Å². The summed E-state index contributed by atoms with van der Waals surface area (Å²) in [6.07, 6.45) is 1.96. The summed E-state index contributed by atoms with van der Waals surface area (Å²) in [7, 11) is 0. The molecule has 17 heavy (non-hydrogen) atoms. The molecular formula is C15H18ClN. The van der Waals surface area contributed by atoms with Crippen molar-refractivity contribution in [1.29, 1.82) is 0 Å². The van der Waals surface area contributed by atoms with Crippen LogP contribution in [0.4, 0.5) is 0 Å². The Bertz CT molecular complexity index is 495. The predicted octanol–water partition coefficient (Wildman–Crippen LogP) is 4.43. The Hall–Kier alpha value is -1.08. The SMILES string of the molecule is CCC(C)C(Cl)Cc1ccc2ccccc2n1. The zero-order valence-corrected chi connectivity index (χ0v) is 11.1. The third-order valence-corrected chi connectivity index (χ3v) is 3.91. The first-order valence-electron chi connectivity index (χ1n) is 6.19. The maximum absolute atomic E-state index is 6.38. The lowest BCUT2D eigenvalue weighted by atomic mass is 10.0. The number of hydrogen-bond donors (Lipinski definition) is 0. The molecule has 0 saturated heterocycles. The quantitative estimate of drug-likeness (QED) is 0.729. The molecule has 0 N–H and O–H groups in total. The van der Waals surface area contributed by atoms with Gasteiger partial charge in [0.25, 0.3) is 0 Å². The summed E-state index contributed by atoms with van der Waals surface area (Å²) in [6.45, 7) is 4.37. The van der Waals surface area contributed by atoms with Gasteiger partial charge in [-0.3, -0.25) is 4.98 Å². The Kier molecular flexibility index (Phi) is 4.01. The summed E-state index contributed by atoms with van der Waals surface area (Å²) in [5, 5.41) is 1.36. The standard InChI is InChI=1S/C15H18ClN/c1-3-11(2)14(16)10-13-9-8-12-6-4-5-7-15(12)17-13/h4-9,11,14H,3,10H2,1-2H3. The molecule has 0 aliphatic heterocycles. The van der Waals surface area contributed by atoms with Gasteiger partial charge in [-0.05, 0) is 18.1 Å². The predicted molar refractivity (Wildman–Crippen MR) is 74.5 cm³/mol. The van der Waals surface area contributed by atoms with Crippen molar-refractivity contribution in [3.63, 3.8) is 0 Å². The summed E-state index contributed by atoms with van der Waals surface area (Å²) in [4.78, 5) is 4.65. The Morgan fingerprint density at radius 3 is 2.71 bits per heavy atom. The van der Waals surface area contributed by atoms with Crippen molar-refractivity contribution in [2.75, 3.05) is 0 Å². The lowest BCUT2D eigenvalue weighted by molar-refractivity contribution is 0.522. The number of benzene rings is 1. The number of rotatable bonds is 4. The van der Waals surface area contributed by atoms with Crippen LogP contribution in [0, 0.1) is 5.92 Å². The number of halogens is 1. The van der Waals surface area contributed by atoms with E-state index in [1.54, 1.807) is 0 Å². The summed E-state index contributed by atoms with van der Waals surface area (Å²) >= 11 is 6.38. The zero-order valence-electron chi connectivity index (χ0n) is 10.4. The molecule has 2 unspecified atom stereocenters. The van der Waals surface area contributed by atoms with Crippen molar-refractivity contribution in [3.05, 3.63) is 42.1 Å². The first-order valence-corrected chi connectivity index (χ1v) is 6.63. The van der Waals surface area contributed by atoms with Crippen LogP contribution in [0.2, 0.25) is 0 Å². The normalized spacial score (nSPS) is 14.8. The smallest absolute Gasteiger partial charge is 0.0705 e. The molecule has 0 saturated carbocycles. The molecule has 2 aromatic rings. The van der Waals surface area contributed by atoms with Gasteiger partial charge >= 0.3 is 0 Å². The highest BCUT2D eigenvalue weighted by atomic mass is 35.5. The van der Waals surface area contributed by atoms with Crippen LogP contribution in [0.3, 0.4) is 0 Å². The average Bonchev–Trinajstić information content (AvgIpc) is 2.37. The van der Waals surface area contributed by atoms with Gasteiger partial charge in [-0.1, -0.05) is 44.5 Å². The van der Waals surface area contributed by atoms with E-state index >= 15 is 0 Å². The number of hydrogen-bond acceptors (Lipinski definition) is 1. The molecule has 1 heterocycles. The lowest BCUT2D eigenvalue weighted by Gasteiger charge is -2.15. The maximum Gasteiger partial charge on any atom is 0.0705 e. The number of nitrogens with zero attached hydrogens (tertiary/aromatic N) is 1. The Balaban J connectivity index is 2.19. The van der Waals surface area contributed by atoms with Gasteiger partial charge < -0.3 is 0 Å². The topological polar surface area (TPSA) is 12.9 Å². The van der Waals surface area contributed by atoms with E-state index in [0.717, 1.165) is 24.1 Å². The van der Waals surface area contributed by atoms with E-state index in [1.807, 2.05) is 18.2 Å². The van der Waals surface area contributed by atoms with Crippen LogP contribution in [0.1, 0.15) is 26.0 Å². The van der Waals surface area contributed by atoms with Crippen LogP contribution in [-0.4, -0.2) is 10.4 Å². The van der Waals surface area contributed by atoms with E-state index in [4.69, 9.17) is 11.6 Å². The summed E-state index contributed by atoms with van der Waals surface area (Å²) in [6, 6.07) is 12.4. The van der Waals surface area contributed by atoms with E-state index in [0.29, 0.717) is 5.92 Å². The molecular weight excluding hydrogens is 230 g/mol. The molecule has 1 aromatic heterocycles. The fraction of sp³-hybridized carbons (Fsp3) is 0.400. The first-order chi connectivity index (χ1) is 8.20. The van der Waals surface area contributed by atoms with E-state index in [-0.39, 0.29) is 5.38 Å². The van der Waals surface area contributed by atoms with Crippen molar-refractivity contribution < 1.29 is 0 Å². The van der Waals surface area contributed by atoms with Gasteiger partial charge in [0.05, 0.1) is 5.52 Å². The largest absolute Gasteiger partial charge is 0.253 e. The van der Waals surface area contributed by atoms with Gasteiger partial charge in [-0.25, -0.2) is 0 Å². The molecule has 90 valence electrons. The van der Waals surface area contributed by atoms with Gasteiger partial charge in [0.2, 0.25) is 0 Å². The molecule has 0 bridgehead atoms. The third kappa shape index (κ3) is 2.98. The van der Waals surface area contributed by atoms with Crippen LogP contribution >= 0.6 is 11.6 Å². The second-order valence-electron chi connectivity index (χ2n) is 4.60. The number of para-hydroxylation sites is 1. The molecule has 0 aliphatic rings. The second-order valence-corrected chi connectivity index (χ2v) is 5.16. The highest BCUT2D eigenvalue weighted by Gasteiger charge is 2.13. The first kappa shape index (κ1) is 12.4. The zero-order chi connectivity index (χ0) is 12.3. The highest BCUT2D eigenvalue weighted by Crippen LogP contribution is 2.19. The van der Waals surface area contributed by atoms with E-state index < -0.39 is 0 Å². The fourth-order valence-electron chi connectivity index (χ4n) is 1.88. The van der Waals surface area contributed by atoms with E-state index in [2.05, 4.69) is 37.0 Å². The minimum Gasteiger partial charge on any atom is -0.253 e. The van der Waals surface area contributed by atoms with Crippen LogP contribution in [-0.2, 0) is 6.42 Å². The van der Waals surface area contributed by atoms with Gasteiger partial charge in [-0.15, -0.1) is 11.6 Å². The van der Waals surface area contributed by atoms with Gasteiger partial charge in [-0.2, -0.15) is 0 Å². The van der Waals surface area contributed by atoms with Gasteiger partial charge in [0, 0.05) is 22.9 Å². The van der Waals surface area contributed by atoms with Crippen LogP contribution < -0.4 is 0 Å². The Labute approximate surface area is 108 Å². The molecule has 2 rings (SSSR count). The average molecular weight is 248 g/mol. The Morgan fingerprint density at radius 2 is 1.94 bits per heavy atom. The van der Waals surface area contributed by atoms with E-state index in [9.17, 15) is 0 Å². The van der Waals surface area contributed by atoms with Gasteiger partial charge in [0.1, 0.15) is 0 Å². The minimum atomic E-state index is 0.175. The summed E-state index contributed by atoms with van der Waals surface area (Å²) in [5.74, 6) is 0.532. The molecule has 1 aromatic carbocycles. The number of fused-ring (bicyclic) bond motifs is 1. The molecule has 0 aliphatic carbocycles. The molecule has 0 spiro atoms. The van der Waals surface area contributed by atoms with E-state index in [1.165, 1.54) is 5.39 Å². The Morgan fingerprint density at radius 1 is 1.18 bits per heavy atom. The lowest BCUT2D eigenvalue weighted by Crippen LogP contribution is -2.14. The molecule has 1 nitrogen and oxygen atoms in total. The fourth-order valence-corrected chi connectivity index (χ4v) is 2.21. The number of alkyl halides is 1. The maximum atomic E-state index is 6.38. The highest BCUT2D eigenvalue weighted by molar-refractivity contribution is 6.20. The summed E-state index contributed by atoms with van der Waals surface area (Å²) < 4.78 is 0. The van der Waals surface area contributed by atoms with Crippen molar-refractivity contribution in [3.8, 4) is 0 Å². The third-order valence-electron chi connectivity index (χ3n) is 3.32. The minimum absolute atomic E-state index is 0.175. The van der Waals surface area contributed by atoms with Crippen molar-refractivity contribution in [2.45, 2.75) is 32.1 Å². The van der Waals surface area contributed by atoms with Crippen molar-refractivity contribution in [2.24, 2.45) is 5.92 Å². The monoisotopic (exact) mass is 247 g/mol. The number of aromatic nitrogens is 1.